The minimum atomic E-state index is 0.862. The summed E-state index contributed by atoms with van der Waals surface area (Å²) < 4.78 is 0. The third-order valence-electron chi connectivity index (χ3n) is 1.26. The van der Waals surface area contributed by atoms with Gasteiger partial charge >= 0.3 is 0 Å². The molecule has 0 aliphatic heterocycles. The van der Waals surface area contributed by atoms with Crippen molar-refractivity contribution in [2.45, 2.75) is 0 Å². The van der Waals surface area contributed by atoms with Gasteiger partial charge in [0.15, 0.2) is 0 Å². The van der Waals surface area contributed by atoms with E-state index in [1.165, 1.54) is 0 Å². The molecule has 0 aromatic carbocycles. The first kappa shape index (κ1) is 5.22. The molecule has 2 rings (SSSR count). The molecular formula is C6H6N4. The Morgan fingerprint density at radius 2 is 1.40 bits per heavy atom. The average molecular weight is 134 g/mol. The van der Waals surface area contributed by atoms with Crippen molar-refractivity contribution in [1.29, 1.82) is 0 Å². The maximum absolute atomic E-state index is 3.95. The minimum Gasteiger partial charge on any atom is -0.285 e. The van der Waals surface area contributed by atoms with Crippen LogP contribution in [0.5, 0.6) is 0 Å². The summed E-state index contributed by atoms with van der Waals surface area (Å²) in [7, 11) is 0. The molecule has 0 radical (unpaired) electrons. The largest absolute Gasteiger partial charge is 0.285 e. The summed E-state index contributed by atoms with van der Waals surface area (Å²) in [5.74, 6) is 0. The van der Waals surface area contributed by atoms with Crippen molar-refractivity contribution in [1.82, 2.24) is 20.4 Å². The average Bonchev–Trinajstić information content (AvgIpc) is 2.59. The van der Waals surface area contributed by atoms with Crippen LogP contribution in [-0.4, -0.2) is 20.4 Å². The molecule has 2 aromatic rings. The van der Waals surface area contributed by atoms with Crippen molar-refractivity contribution in [2.24, 2.45) is 0 Å². The van der Waals surface area contributed by atoms with Gasteiger partial charge in [0.05, 0.1) is 0 Å². The van der Waals surface area contributed by atoms with E-state index in [2.05, 4.69) is 20.4 Å². The molecule has 0 atom stereocenters. The molecule has 0 aliphatic rings. The van der Waals surface area contributed by atoms with E-state index in [1.54, 1.807) is 12.4 Å². The van der Waals surface area contributed by atoms with Gasteiger partial charge in [0.25, 0.3) is 0 Å². The molecule has 2 heterocycles. The lowest BCUT2D eigenvalue weighted by atomic mass is 10.3. The van der Waals surface area contributed by atoms with Crippen LogP contribution in [0.15, 0.2) is 24.5 Å². The molecule has 4 nitrogen and oxygen atoms in total. The van der Waals surface area contributed by atoms with E-state index < -0.39 is 0 Å². The Morgan fingerprint density at radius 1 is 0.900 bits per heavy atom. The topological polar surface area (TPSA) is 57.4 Å². The summed E-state index contributed by atoms with van der Waals surface area (Å²) in [5, 5.41) is 13.3. The first-order chi connectivity index (χ1) is 4.97. The monoisotopic (exact) mass is 134 g/mol. The zero-order valence-electron chi connectivity index (χ0n) is 5.20. The SMILES string of the molecule is c1cc(-c2cc[nH]n2)n[nH]1. The Hall–Kier alpha value is -1.58. The Bertz CT molecular complexity index is 249. The molecule has 0 unspecified atom stereocenters. The van der Waals surface area contributed by atoms with Crippen LogP contribution >= 0.6 is 0 Å². The molecule has 0 saturated heterocycles. The van der Waals surface area contributed by atoms with E-state index in [-0.39, 0.29) is 0 Å². The van der Waals surface area contributed by atoms with Crippen molar-refractivity contribution in [3.63, 3.8) is 0 Å². The lowest BCUT2D eigenvalue weighted by molar-refractivity contribution is 1.06. The van der Waals surface area contributed by atoms with Crippen LogP contribution in [0, 0.1) is 0 Å². The highest BCUT2D eigenvalue weighted by Gasteiger charge is 1.98. The van der Waals surface area contributed by atoms with Gasteiger partial charge in [-0.15, -0.1) is 0 Å². The molecule has 50 valence electrons. The number of nitrogens with zero attached hydrogens (tertiary/aromatic N) is 2. The predicted octanol–water partition coefficient (Wildman–Crippen LogP) is 0.800. The lowest BCUT2D eigenvalue weighted by Crippen LogP contribution is -1.76. The van der Waals surface area contributed by atoms with Crippen molar-refractivity contribution < 1.29 is 0 Å². The fourth-order valence-electron chi connectivity index (χ4n) is 0.806. The van der Waals surface area contributed by atoms with Crippen LogP contribution in [0.3, 0.4) is 0 Å². The summed E-state index contributed by atoms with van der Waals surface area (Å²) in [6.45, 7) is 0. The Labute approximate surface area is 57.3 Å². The van der Waals surface area contributed by atoms with Crippen molar-refractivity contribution in [3.05, 3.63) is 24.5 Å². The third-order valence-corrected chi connectivity index (χ3v) is 1.26. The van der Waals surface area contributed by atoms with E-state index in [0.717, 1.165) is 11.4 Å². The minimum absolute atomic E-state index is 0.862. The number of hydrogen-bond acceptors (Lipinski definition) is 2. The van der Waals surface area contributed by atoms with Gasteiger partial charge in [-0.2, -0.15) is 10.2 Å². The molecule has 0 spiro atoms. The molecule has 0 fully saturated rings. The highest BCUT2D eigenvalue weighted by molar-refractivity contribution is 5.51. The highest BCUT2D eigenvalue weighted by atomic mass is 15.1. The van der Waals surface area contributed by atoms with Crippen LogP contribution in [0.4, 0.5) is 0 Å². The molecule has 2 N–H and O–H groups in total. The first-order valence-electron chi connectivity index (χ1n) is 2.97. The molecule has 0 saturated carbocycles. The lowest BCUT2D eigenvalue weighted by Gasteiger charge is -1.82. The molecule has 0 aliphatic carbocycles. The summed E-state index contributed by atoms with van der Waals surface area (Å²) in [4.78, 5) is 0. The van der Waals surface area contributed by atoms with Gasteiger partial charge in [-0.3, -0.25) is 10.2 Å². The van der Waals surface area contributed by atoms with E-state index in [9.17, 15) is 0 Å². The van der Waals surface area contributed by atoms with Crippen molar-refractivity contribution in [2.75, 3.05) is 0 Å². The summed E-state index contributed by atoms with van der Waals surface area (Å²) >= 11 is 0. The molecule has 2 aromatic heterocycles. The standard InChI is InChI=1S/C6H6N4/c1-3-7-9-5(1)6-2-4-8-10-6/h1-4H,(H,7,9)(H,8,10). The van der Waals surface area contributed by atoms with Crippen molar-refractivity contribution in [3.8, 4) is 11.4 Å². The number of hydrogen-bond donors (Lipinski definition) is 2. The number of aromatic amines is 2. The van der Waals surface area contributed by atoms with Gasteiger partial charge in [-0.1, -0.05) is 0 Å². The number of nitrogens with one attached hydrogen (secondary N) is 2. The summed E-state index contributed by atoms with van der Waals surface area (Å²) in [6, 6.07) is 3.74. The zero-order chi connectivity index (χ0) is 6.81. The number of aromatic nitrogens is 4. The Balaban J connectivity index is 2.48. The second kappa shape index (κ2) is 1.98. The van der Waals surface area contributed by atoms with Crippen LogP contribution in [0.25, 0.3) is 11.4 Å². The smallest absolute Gasteiger partial charge is 0.112 e. The van der Waals surface area contributed by atoms with Crippen LogP contribution in [0.2, 0.25) is 0 Å². The predicted molar refractivity (Wildman–Crippen MR) is 36.2 cm³/mol. The van der Waals surface area contributed by atoms with E-state index >= 15 is 0 Å². The quantitative estimate of drug-likeness (QED) is 0.606. The van der Waals surface area contributed by atoms with E-state index in [1.807, 2.05) is 12.1 Å². The molecule has 4 heteroatoms. The number of rotatable bonds is 1. The maximum atomic E-state index is 3.95. The van der Waals surface area contributed by atoms with E-state index in [0.29, 0.717) is 0 Å². The van der Waals surface area contributed by atoms with Crippen molar-refractivity contribution >= 4 is 0 Å². The fourth-order valence-corrected chi connectivity index (χ4v) is 0.806. The highest BCUT2D eigenvalue weighted by Crippen LogP contribution is 2.09. The third kappa shape index (κ3) is 0.699. The van der Waals surface area contributed by atoms with Gasteiger partial charge in [0.1, 0.15) is 11.4 Å². The Kier molecular flexibility index (Phi) is 1.04. The summed E-state index contributed by atoms with van der Waals surface area (Å²) in [6.07, 6.45) is 3.54. The first-order valence-corrected chi connectivity index (χ1v) is 2.97. The normalized spacial score (nSPS) is 10.0. The van der Waals surface area contributed by atoms with Gasteiger partial charge in [-0.05, 0) is 12.1 Å². The number of H-pyrrole nitrogens is 2. The van der Waals surface area contributed by atoms with Gasteiger partial charge in [0, 0.05) is 12.4 Å². The zero-order valence-corrected chi connectivity index (χ0v) is 5.20. The van der Waals surface area contributed by atoms with Gasteiger partial charge < -0.3 is 0 Å². The van der Waals surface area contributed by atoms with E-state index in [4.69, 9.17) is 0 Å². The van der Waals surface area contributed by atoms with Gasteiger partial charge in [-0.25, -0.2) is 0 Å². The van der Waals surface area contributed by atoms with Crippen LogP contribution in [0.1, 0.15) is 0 Å². The van der Waals surface area contributed by atoms with Gasteiger partial charge in [0.2, 0.25) is 0 Å². The summed E-state index contributed by atoms with van der Waals surface area (Å²) in [5.41, 5.74) is 1.72. The molecule has 10 heavy (non-hydrogen) atoms. The second-order valence-electron chi connectivity index (χ2n) is 1.92. The molecular weight excluding hydrogens is 128 g/mol. The molecule has 0 amide bonds. The van der Waals surface area contributed by atoms with Crippen LogP contribution < -0.4 is 0 Å². The maximum Gasteiger partial charge on any atom is 0.112 e. The molecule has 0 bridgehead atoms. The fraction of sp³-hybridized carbons (Fsp3) is 0. The van der Waals surface area contributed by atoms with Crippen LogP contribution in [-0.2, 0) is 0 Å². The second-order valence-corrected chi connectivity index (χ2v) is 1.92. The Morgan fingerprint density at radius 3 is 1.70 bits per heavy atom.